The van der Waals surface area contributed by atoms with Crippen molar-refractivity contribution in [3.63, 3.8) is 0 Å². The van der Waals surface area contributed by atoms with Gasteiger partial charge in [0.1, 0.15) is 5.82 Å². The number of guanidine groups is 1. The Balaban J connectivity index is 1.35. The van der Waals surface area contributed by atoms with Crippen molar-refractivity contribution in [2.24, 2.45) is 4.99 Å². The molecule has 4 rings (SSSR count). The number of hydrogen-bond acceptors (Lipinski definition) is 4. The minimum atomic E-state index is 0.630. The van der Waals surface area contributed by atoms with Crippen LogP contribution in [0.4, 0.5) is 5.82 Å². The van der Waals surface area contributed by atoms with Crippen molar-refractivity contribution in [2.45, 2.75) is 26.8 Å². The molecule has 170 valence electrons. The molecule has 0 aliphatic carbocycles. The van der Waals surface area contributed by atoms with Gasteiger partial charge in [-0.15, -0.1) is 0 Å². The van der Waals surface area contributed by atoms with Gasteiger partial charge in [-0.3, -0.25) is 0 Å². The Bertz CT molecular complexity index is 1050. The average molecular weight is 434 g/mol. The Kier molecular flexibility index (Phi) is 7.27. The second kappa shape index (κ2) is 10.5. The van der Waals surface area contributed by atoms with Crippen molar-refractivity contribution < 1.29 is 0 Å². The summed E-state index contributed by atoms with van der Waals surface area (Å²) in [4.78, 5) is 17.5. The zero-order valence-electron chi connectivity index (χ0n) is 19.5. The molecule has 7 nitrogen and oxygen atoms in total. The highest BCUT2D eigenvalue weighted by atomic mass is 15.3. The van der Waals surface area contributed by atoms with Crippen molar-refractivity contribution in [2.75, 3.05) is 51.2 Å². The number of nitrogens with one attached hydrogen (secondary N) is 3. The van der Waals surface area contributed by atoms with Gasteiger partial charge in [0.05, 0.1) is 6.54 Å². The highest BCUT2D eigenvalue weighted by molar-refractivity contribution is 5.84. The fourth-order valence-electron chi connectivity index (χ4n) is 4.10. The molecule has 1 aliphatic heterocycles. The molecular formula is C25H35N7. The Labute approximate surface area is 190 Å². The van der Waals surface area contributed by atoms with E-state index >= 15 is 0 Å². The maximum absolute atomic E-state index is 4.81. The second-order valence-electron chi connectivity index (χ2n) is 8.55. The van der Waals surface area contributed by atoms with Crippen molar-refractivity contribution in [3.8, 4) is 0 Å². The lowest BCUT2D eigenvalue weighted by atomic mass is 10.1. The number of rotatable bonds is 7. The number of H-pyrrole nitrogens is 1. The number of anilines is 1. The lowest BCUT2D eigenvalue weighted by Gasteiger charge is -2.33. The lowest BCUT2D eigenvalue weighted by Crippen LogP contribution is -2.44. The van der Waals surface area contributed by atoms with E-state index in [1.54, 1.807) is 0 Å². The van der Waals surface area contributed by atoms with Gasteiger partial charge in [0.25, 0.3) is 0 Å². The van der Waals surface area contributed by atoms with Crippen LogP contribution in [0.3, 0.4) is 0 Å². The van der Waals surface area contributed by atoms with Crippen molar-refractivity contribution >= 4 is 22.7 Å². The lowest BCUT2D eigenvalue weighted by molar-refractivity contribution is 0.312. The van der Waals surface area contributed by atoms with Gasteiger partial charge >= 0.3 is 0 Å². The summed E-state index contributed by atoms with van der Waals surface area (Å²) in [6.45, 7) is 10.7. The summed E-state index contributed by atoms with van der Waals surface area (Å²) >= 11 is 0. The quantitative estimate of drug-likeness (QED) is 0.395. The maximum atomic E-state index is 4.81. The third-order valence-electron chi connectivity index (χ3n) is 6.01. The molecule has 1 aromatic carbocycles. The molecule has 0 spiro atoms. The van der Waals surface area contributed by atoms with Crippen molar-refractivity contribution in [1.29, 1.82) is 0 Å². The first-order valence-corrected chi connectivity index (χ1v) is 11.6. The van der Waals surface area contributed by atoms with E-state index in [0.29, 0.717) is 6.54 Å². The summed E-state index contributed by atoms with van der Waals surface area (Å²) in [5, 5.41) is 8.14. The molecule has 32 heavy (non-hydrogen) atoms. The van der Waals surface area contributed by atoms with Gasteiger partial charge in [-0.2, -0.15) is 0 Å². The number of piperazine rings is 1. The van der Waals surface area contributed by atoms with E-state index in [9.17, 15) is 0 Å². The normalized spacial score (nSPS) is 15.3. The average Bonchev–Trinajstić information content (AvgIpc) is 3.20. The first-order valence-electron chi connectivity index (χ1n) is 11.6. The molecular weight excluding hydrogens is 398 g/mol. The first kappa shape index (κ1) is 22.1. The number of benzene rings is 1. The highest BCUT2D eigenvalue weighted by Gasteiger charge is 2.15. The van der Waals surface area contributed by atoms with Crippen LogP contribution < -0.4 is 15.5 Å². The number of fused-ring (bicyclic) bond motifs is 1. The van der Waals surface area contributed by atoms with E-state index in [2.05, 4.69) is 87.8 Å². The van der Waals surface area contributed by atoms with E-state index in [1.807, 2.05) is 6.20 Å². The molecule has 3 heterocycles. The van der Waals surface area contributed by atoms with Gasteiger partial charge in [-0.05, 0) is 62.2 Å². The fourth-order valence-corrected chi connectivity index (χ4v) is 4.10. The molecule has 0 bridgehead atoms. The van der Waals surface area contributed by atoms with E-state index in [1.165, 1.54) is 27.6 Å². The number of aryl methyl sites for hydroxylation is 1. The van der Waals surface area contributed by atoms with E-state index in [-0.39, 0.29) is 0 Å². The summed E-state index contributed by atoms with van der Waals surface area (Å²) in [5.41, 5.74) is 4.99. The Morgan fingerprint density at radius 3 is 2.78 bits per heavy atom. The monoisotopic (exact) mass is 433 g/mol. The molecule has 2 aromatic heterocycles. The van der Waals surface area contributed by atoms with Gasteiger partial charge in [-0.1, -0.05) is 12.1 Å². The summed E-state index contributed by atoms with van der Waals surface area (Å²) in [6.07, 6.45) is 4.96. The highest BCUT2D eigenvalue weighted by Crippen LogP contribution is 2.19. The standard InChI is InChI=1S/C25H35N7/c1-4-26-25(28-10-8-21-18-29-23-15-19(2)5-6-22(21)23)30-17-20-7-9-27-24(16-20)32-13-11-31(3)12-14-32/h5-7,9,15-16,18,29H,4,8,10-14,17H2,1-3H3,(H2,26,28,30). The summed E-state index contributed by atoms with van der Waals surface area (Å²) in [7, 11) is 2.17. The molecule has 1 aliphatic rings. The van der Waals surface area contributed by atoms with Crippen molar-refractivity contribution in [3.05, 3.63) is 59.4 Å². The van der Waals surface area contributed by atoms with Gasteiger partial charge in [0.15, 0.2) is 5.96 Å². The van der Waals surface area contributed by atoms with Crippen LogP contribution in [-0.2, 0) is 13.0 Å². The second-order valence-corrected chi connectivity index (χ2v) is 8.55. The first-order chi connectivity index (χ1) is 15.6. The predicted molar refractivity (Wildman–Crippen MR) is 134 cm³/mol. The molecule has 3 N–H and O–H groups in total. The van der Waals surface area contributed by atoms with Gasteiger partial charge < -0.3 is 25.4 Å². The van der Waals surface area contributed by atoms with Crippen LogP contribution >= 0.6 is 0 Å². The topological polar surface area (TPSA) is 71.6 Å². The van der Waals surface area contributed by atoms with Crippen molar-refractivity contribution in [1.82, 2.24) is 25.5 Å². The van der Waals surface area contributed by atoms with Crippen LogP contribution in [0.15, 0.2) is 47.7 Å². The fraction of sp³-hybridized carbons (Fsp3) is 0.440. The molecule has 1 saturated heterocycles. The number of nitrogens with zero attached hydrogens (tertiary/aromatic N) is 4. The van der Waals surface area contributed by atoms with Crippen LogP contribution in [0.5, 0.6) is 0 Å². The van der Waals surface area contributed by atoms with Crippen LogP contribution in [0.25, 0.3) is 10.9 Å². The smallest absolute Gasteiger partial charge is 0.191 e. The number of aromatic amines is 1. The summed E-state index contributed by atoms with van der Waals surface area (Å²) in [6, 6.07) is 10.8. The SMILES string of the molecule is CCNC(=NCc1ccnc(N2CCN(C)CC2)c1)NCCc1c[nH]c2cc(C)ccc12. The maximum Gasteiger partial charge on any atom is 0.191 e. The molecule has 1 fully saturated rings. The molecule has 0 atom stereocenters. The van der Waals surface area contributed by atoms with Crippen LogP contribution in [0.1, 0.15) is 23.6 Å². The molecule has 3 aromatic rings. The zero-order chi connectivity index (χ0) is 22.3. The van der Waals surface area contributed by atoms with E-state index in [0.717, 1.165) is 57.5 Å². The van der Waals surface area contributed by atoms with Gasteiger partial charge in [0, 0.05) is 62.6 Å². The Morgan fingerprint density at radius 2 is 1.97 bits per heavy atom. The van der Waals surface area contributed by atoms with Gasteiger partial charge in [-0.25, -0.2) is 9.98 Å². The van der Waals surface area contributed by atoms with E-state index in [4.69, 9.17) is 4.99 Å². The molecule has 0 radical (unpaired) electrons. The minimum absolute atomic E-state index is 0.630. The third-order valence-corrected chi connectivity index (χ3v) is 6.01. The molecule has 0 saturated carbocycles. The predicted octanol–water partition coefficient (Wildman–Crippen LogP) is 2.92. The molecule has 0 amide bonds. The number of aliphatic imine (C=N–C) groups is 1. The largest absolute Gasteiger partial charge is 0.361 e. The summed E-state index contributed by atoms with van der Waals surface area (Å²) in [5.74, 6) is 1.90. The Morgan fingerprint density at radius 1 is 1.12 bits per heavy atom. The third kappa shape index (κ3) is 5.59. The minimum Gasteiger partial charge on any atom is -0.361 e. The van der Waals surface area contributed by atoms with Crippen LogP contribution in [-0.4, -0.2) is 67.1 Å². The number of hydrogen-bond donors (Lipinski definition) is 3. The molecule has 7 heteroatoms. The number of aromatic nitrogens is 2. The Hall–Kier alpha value is -3.06. The number of pyridine rings is 1. The van der Waals surface area contributed by atoms with Gasteiger partial charge in [0.2, 0.25) is 0 Å². The van der Waals surface area contributed by atoms with Crippen LogP contribution in [0.2, 0.25) is 0 Å². The zero-order valence-corrected chi connectivity index (χ0v) is 19.5. The van der Waals surface area contributed by atoms with E-state index < -0.39 is 0 Å². The number of likely N-dealkylation sites (N-methyl/N-ethyl adjacent to an activating group) is 1. The van der Waals surface area contributed by atoms with Crippen LogP contribution in [0, 0.1) is 6.92 Å². The summed E-state index contributed by atoms with van der Waals surface area (Å²) < 4.78 is 0. The molecule has 0 unspecified atom stereocenters.